The van der Waals surface area contributed by atoms with Crippen molar-refractivity contribution in [3.05, 3.63) is 62.2 Å². The van der Waals surface area contributed by atoms with E-state index in [-0.39, 0.29) is 23.5 Å². The van der Waals surface area contributed by atoms with Crippen LogP contribution < -0.4 is 10.2 Å². The molecule has 0 aromatic heterocycles. The van der Waals surface area contributed by atoms with Gasteiger partial charge < -0.3 is 5.32 Å². The number of halogens is 1. The number of hydrogen-bond donors (Lipinski definition) is 1. The van der Waals surface area contributed by atoms with Gasteiger partial charge in [-0.1, -0.05) is 17.7 Å². The van der Waals surface area contributed by atoms with E-state index in [2.05, 4.69) is 5.32 Å². The van der Waals surface area contributed by atoms with E-state index in [9.17, 15) is 24.5 Å². The number of fused-ring (bicyclic) bond motifs is 7. The van der Waals surface area contributed by atoms with Crippen LogP contribution in [-0.2, 0) is 19.9 Å². The summed E-state index contributed by atoms with van der Waals surface area (Å²) in [5, 5.41) is 14.5. The van der Waals surface area contributed by atoms with Crippen molar-refractivity contribution in [2.45, 2.75) is 38.3 Å². The summed E-state index contributed by atoms with van der Waals surface area (Å²) in [5.41, 5.74) is 1.33. The van der Waals surface area contributed by atoms with Crippen LogP contribution in [0.4, 0.5) is 17.1 Å². The van der Waals surface area contributed by atoms with Crippen molar-refractivity contribution in [3.63, 3.8) is 0 Å². The van der Waals surface area contributed by atoms with Gasteiger partial charge in [0.1, 0.15) is 5.54 Å². The summed E-state index contributed by atoms with van der Waals surface area (Å²) < 4.78 is 0. The van der Waals surface area contributed by atoms with Crippen LogP contribution >= 0.6 is 11.6 Å². The number of nitro benzene ring substituents is 1. The lowest BCUT2D eigenvalue weighted by molar-refractivity contribution is -0.384. The first-order chi connectivity index (χ1) is 16.2. The molecule has 3 saturated heterocycles. The van der Waals surface area contributed by atoms with Crippen LogP contribution in [0, 0.1) is 35.8 Å². The van der Waals surface area contributed by atoms with Crippen molar-refractivity contribution in [1.82, 2.24) is 4.90 Å². The van der Waals surface area contributed by atoms with Gasteiger partial charge in [-0.2, -0.15) is 0 Å². The summed E-state index contributed by atoms with van der Waals surface area (Å²) in [5.74, 6) is -2.74. The molecular formula is C24H21ClN4O5. The zero-order chi connectivity index (χ0) is 24.1. The molecular weight excluding hydrogens is 460 g/mol. The fourth-order valence-corrected chi connectivity index (χ4v) is 6.96. The van der Waals surface area contributed by atoms with Crippen LogP contribution in [0.15, 0.2) is 30.3 Å². The summed E-state index contributed by atoms with van der Waals surface area (Å²) in [6.45, 7) is 4.12. The number of anilines is 2. The smallest absolute Gasteiger partial charge is 0.269 e. The third kappa shape index (κ3) is 2.40. The van der Waals surface area contributed by atoms with E-state index in [1.54, 1.807) is 13.0 Å². The van der Waals surface area contributed by atoms with Gasteiger partial charge in [0, 0.05) is 23.7 Å². The monoisotopic (exact) mass is 480 g/mol. The highest BCUT2D eigenvalue weighted by Gasteiger charge is 2.74. The van der Waals surface area contributed by atoms with E-state index in [0.29, 0.717) is 40.5 Å². The first-order valence-corrected chi connectivity index (χ1v) is 11.6. The van der Waals surface area contributed by atoms with E-state index in [0.717, 1.165) is 16.9 Å². The van der Waals surface area contributed by atoms with Gasteiger partial charge in [-0.3, -0.25) is 29.4 Å². The third-order valence-corrected chi connectivity index (χ3v) is 8.13. The van der Waals surface area contributed by atoms with Crippen LogP contribution in [0.2, 0.25) is 5.02 Å². The number of carbonyl (C=O) groups is 3. The molecule has 3 fully saturated rings. The van der Waals surface area contributed by atoms with Gasteiger partial charge in [0.05, 0.1) is 33.2 Å². The summed E-state index contributed by atoms with van der Waals surface area (Å²) in [4.78, 5) is 55.4. The largest absolute Gasteiger partial charge is 0.323 e. The first-order valence-electron chi connectivity index (χ1n) is 11.2. The normalized spacial score (nSPS) is 29.6. The molecule has 0 bridgehead atoms. The molecule has 10 heteroatoms. The van der Waals surface area contributed by atoms with Gasteiger partial charge >= 0.3 is 0 Å². The lowest BCUT2D eigenvalue weighted by Gasteiger charge is -2.37. The Hall–Kier alpha value is -3.30. The lowest BCUT2D eigenvalue weighted by atomic mass is 9.75. The van der Waals surface area contributed by atoms with Gasteiger partial charge in [-0.05, 0) is 56.5 Å². The second-order valence-corrected chi connectivity index (χ2v) is 9.94. The molecule has 4 atom stereocenters. The maximum atomic E-state index is 14.0. The average Bonchev–Trinajstić information content (AvgIpc) is 3.48. The second-order valence-electron chi connectivity index (χ2n) is 9.54. The highest BCUT2D eigenvalue weighted by Crippen LogP contribution is 2.61. The van der Waals surface area contributed by atoms with E-state index in [1.165, 1.54) is 18.2 Å². The molecule has 1 N–H and O–H groups in total. The topological polar surface area (TPSA) is 113 Å². The van der Waals surface area contributed by atoms with E-state index >= 15 is 0 Å². The number of rotatable bonds is 2. The molecule has 174 valence electrons. The Labute approximate surface area is 199 Å². The fraction of sp³-hybridized carbons (Fsp3) is 0.375. The molecule has 0 radical (unpaired) electrons. The Balaban J connectivity index is 1.54. The van der Waals surface area contributed by atoms with Crippen molar-refractivity contribution < 1.29 is 19.3 Å². The minimum atomic E-state index is -1.31. The predicted molar refractivity (Wildman–Crippen MR) is 124 cm³/mol. The zero-order valence-corrected chi connectivity index (χ0v) is 19.3. The predicted octanol–water partition coefficient (Wildman–Crippen LogP) is 3.30. The van der Waals surface area contributed by atoms with Crippen molar-refractivity contribution >= 4 is 46.4 Å². The van der Waals surface area contributed by atoms with Crippen LogP contribution in [0.25, 0.3) is 0 Å². The molecule has 1 spiro atoms. The molecule has 0 saturated carbocycles. The molecule has 2 aromatic rings. The fourth-order valence-electron chi connectivity index (χ4n) is 6.64. The summed E-state index contributed by atoms with van der Waals surface area (Å²) in [6, 6.07) is 7.47. The second kappa shape index (κ2) is 6.86. The van der Waals surface area contributed by atoms with Crippen LogP contribution in [0.1, 0.15) is 29.5 Å². The summed E-state index contributed by atoms with van der Waals surface area (Å²) in [7, 11) is 0. The Morgan fingerprint density at radius 3 is 2.62 bits per heavy atom. The Morgan fingerprint density at radius 2 is 1.91 bits per heavy atom. The number of amides is 3. The van der Waals surface area contributed by atoms with Crippen LogP contribution in [0.3, 0.4) is 0 Å². The minimum Gasteiger partial charge on any atom is -0.323 e. The van der Waals surface area contributed by atoms with Crippen molar-refractivity contribution in [3.8, 4) is 0 Å². The number of carbonyl (C=O) groups excluding carboxylic acids is 3. The number of nitro groups is 1. The van der Waals surface area contributed by atoms with Gasteiger partial charge in [0.2, 0.25) is 11.8 Å². The number of nitrogens with zero attached hydrogens (tertiary/aromatic N) is 3. The SMILES string of the molecule is Cc1cc(Cl)c2c(c1)[C@]1(C(=O)N2)[C@H]2C(=O)N(c3ccc([N+](=O)[O-])cc3C)C(=O)[C@@H]2[C@H]2CCCN21. The minimum absolute atomic E-state index is 0.117. The molecule has 2 aromatic carbocycles. The number of nitrogens with one attached hydrogen (secondary N) is 1. The maximum absolute atomic E-state index is 14.0. The maximum Gasteiger partial charge on any atom is 0.269 e. The number of benzene rings is 2. The number of imide groups is 1. The molecule has 4 heterocycles. The number of non-ortho nitro benzene ring substituents is 1. The summed E-state index contributed by atoms with van der Waals surface area (Å²) >= 11 is 6.49. The molecule has 9 nitrogen and oxygen atoms in total. The standard InChI is InChI=1S/C24H21ClN4O5/c1-11-8-14-20(15(25)9-11)26-23(32)24(14)19-18(17-4-3-7-27(17)24)21(30)28(22(19)31)16-6-5-13(29(33)34)10-12(16)2/h5-6,8-10,17-19H,3-4,7H2,1-2H3,(H,26,32)/t17-,18-,19-,24-/m1/s1. The van der Waals surface area contributed by atoms with Gasteiger partial charge in [0.15, 0.2) is 0 Å². The highest BCUT2D eigenvalue weighted by molar-refractivity contribution is 6.35. The Morgan fingerprint density at radius 1 is 1.15 bits per heavy atom. The molecule has 0 aliphatic carbocycles. The molecule has 4 aliphatic rings. The zero-order valence-electron chi connectivity index (χ0n) is 18.5. The van der Waals surface area contributed by atoms with Gasteiger partial charge in [-0.15, -0.1) is 0 Å². The average molecular weight is 481 g/mol. The summed E-state index contributed by atoms with van der Waals surface area (Å²) in [6.07, 6.45) is 1.52. The Bertz CT molecular complexity index is 1340. The molecule has 0 unspecified atom stereocenters. The molecule has 3 amide bonds. The quantitative estimate of drug-likeness (QED) is 0.401. The van der Waals surface area contributed by atoms with Crippen molar-refractivity contribution in [2.24, 2.45) is 11.8 Å². The van der Waals surface area contributed by atoms with E-state index < -0.39 is 28.2 Å². The number of aryl methyl sites for hydroxylation is 2. The van der Waals surface area contributed by atoms with Crippen molar-refractivity contribution in [1.29, 1.82) is 0 Å². The van der Waals surface area contributed by atoms with Gasteiger partial charge in [-0.25, -0.2) is 4.90 Å². The van der Waals surface area contributed by atoms with Crippen molar-refractivity contribution in [2.75, 3.05) is 16.8 Å². The third-order valence-electron chi connectivity index (χ3n) is 7.83. The van der Waals surface area contributed by atoms with E-state index in [1.807, 2.05) is 17.9 Å². The van der Waals surface area contributed by atoms with Crippen LogP contribution in [0.5, 0.6) is 0 Å². The first kappa shape index (κ1) is 21.2. The number of hydrogen-bond acceptors (Lipinski definition) is 6. The Kier molecular flexibility index (Phi) is 4.29. The van der Waals surface area contributed by atoms with Crippen LogP contribution in [-0.4, -0.2) is 40.1 Å². The highest BCUT2D eigenvalue weighted by atomic mass is 35.5. The van der Waals surface area contributed by atoms with E-state index in [4.69, 9.17) is 11.6 Å². The molecule has 34 heavy (non-hydrogen) atoms. The lowest BCUT2D eigenvalue weighted by Crippen LogP contribution is -2.54. The van der Waals surface area contributed by atoms with Gasteiger partial charge in [0.25, 0.3) is 11.6 Å². The molecule has 6 rings (SSSR count). The molecule has 4 aliphatic heterocycles.